The van der Waals surface area contributed by atoms with Gasteiger partial charge in [-0.3, -0.25) is 20.1 Å². The number of fused-ring (bicyclic) bond motifs is 1. The van der Waals surface area contributed by atoms with E-state index in [0.717, 1.165) is 11.1 Å². The van der Waals surface area contributed by atoms with Crippen LogP contribution in [0.3, 0.4) is 0 Å². The predicted octanol–water partition coefficient (Wildman–Crippen LogP) is 4.32. The highest BCUT2D eigenvalue weighted by Crippen LogP contribution is 2.24. The van der Waals surface area contributed by atoms with Crippen LogP contribution in [-0.2, 0) is 0 Å². The van der Waals surface area contributed by atoms with Crippen molar-refractivity contribution in [1.82, 2.24) is 15.3 Å². The van der Waals surface area contributed by atoms with E-state index in [-0.39, 0.29) is 0 Å². The number of urea groups is 1. The Labute approximate surface area is 158 Å². The van der Waals surface area contributed by atoms with E-state index in [1.165, 1.54) is 0 Å². The second-order valence-corrected chi connectivity index (χ2v) is 6.54. The summed E-state index contributed by atoms with van der Waals surface area (Å²) in [5.74, 6) is -0.506. The molecule has 6 nitrogen and oxygen atoms in total. The van der Waals surface area contributed by atoms with Crippen LogP contribution in [0.5, 0.6) is 0 Å². The first kappa shape index (κ1) is 16.9. The van der Waals surface area contributed by atoms with Gasteiger partial charge in [0.2, 0.25) is 0 Å². The average Bonchev–Trinajstić information content (AvgIpc) is 3.22. The van der Waals surface area contributed by atoms with Gasteiger partial charge in [-0.2, -0.15) is 11.3 Å². The van der Waals surface area contributed by atoms with Crippen LogP contribution in [0, 0.1) is 0 Å². The van der Waals surface area contributed by atoms with E-state index in [0.29, 0.717) is 22.3 Å². The molecule has 2 aromatic carbocycles. The number of hydrogen-bond acceptors (Lipinski definition) is 5. The van der Waals surface area contributed by atoms with Crippen molar-refractivity contribution in [1.29, 1.82) is 0 Å². The molecule has 2 heterocycles. The van der Waals surface area contributed by atoms with Crippen LogP contribution in [0.25, 0.3) is 22.2 Å². The van der Waals surface area contributed by atoms with E-state index >= 15 is 0 Å². The van der Waals surface area contributed by atoms with Crippen LogP contribution in [0.4, 0.5) is 10.5 Å². The third kappa shape index (κ3) is 3.83. The second kappa shape index (κ2) is 7.35. The summed E-state index contributed by atoms with van der Waals surface area (Å²) in [4.78, 5) is 32.8. The monoisotopic (exact) mass is 374 g/mol. The molecule has 2 N–H and O–H groups in total. The molecule has 0 radical (unpaired) electrons. The lowest BCUT2D eigenvalue weighted by atomic mass is 10.1. The van der Waals surface area contributed by atoms with Crippen LogP contribution in [0.1, 0.15) is 10.4 Å². The Morgan fingerprint density at radius 3 is 2.56 bits per heavy atom. The summed E-state index contributed by atoms with van der Waals surface area (Å²) in [6.07, 6.45) is 3.14. The van der Waals surface area contributed by atoms with Crippen LogP contribution in [0.15, 0.2) is 71.7 Å². The standard InChI is InChI=1S/C20H14N4O2S/c25-19(14-4-5-17-18(11-14)22-8-7-21-17)24-20(26)23-16-3-1-2-13(10-16)15-6-9-27-12-15/h1-12H,(H2,23,24,25,26). The number of rotatable bonds is 3. The predicted molar refractivity (Wildman–Crippen MR) is 106 cm³/mol. The minimum atomic E-state index is -0.596. The Morgan fingerprint density at radius 2 is 1.74 bits per heavy atom. The van der Waals surface area contributed by atoms with Crippen molar-refractivity contribution in [2.75, 3.05) is 5.32 Å². The Balaban J connectivity index is 1.45. The zero-order chi connectivity index (χ0) is 18.6. The van der Waals surface area contributed by atoms with Crippen molar-refractivity contribution in [2.24, 2.45) is 0 Å². The highest BCUT2D eigenvalue weighted by Gasteiger charge is 2.12. The molecule has 7 heteroatoms. The van der Waals surface area contributed by atoms with E-state index in [4.69, 9.17) is 0 Å². The van der Waals surface area contributed by atoms with Crippen LogP contribution >= 0.6 is 11.3 Å². The van der Waals surface area contributed by atoms with Gasteiger partial charge in [0, 0.05) is 23.6 Å². The summed E-state index contributed by atoms with van der Waals surface area (Å²) in [7, 11) is 0. The zero-order valence-electron chi connectivity index (χ0n) is 14.0. The molecule has 2 aromatic heterocycles. The third-order valence-corrected chi connectivity index (χ3v) is 4.62. The summed E-state index contributed by atoms with van der Waals surface area (Å²) < 4.78 is 0. The molecule has 4 aromatic rings. The number of hydrogen-bond donors (Lipinski definition) is 2. The molecule has 4 rings (SSSR count). The molecule has 0 saturated carbocycles. The van der Waals surface area contributed by atoms with E-state index < -0.39 is 11.9 Å². The van der Waals surface area contributed by atoms with E-state index in [9.17, 15) is 9.59 Å². The molecular formula is C20H14N4O2S. The minimum absolute atomic E-state index is 0.338. The van der Waals surface area contributed by atoms with Gasteiger partial charge in [-0.1, -0.05) is 12.1 Å². The highest BCUT2D eigenvalue weighted by atomic mass is 32.1. The van der Waals surface area contributed by atoms with E-state index in [1.807, 2.05) is 35.0 Å². The molecule has 3 amide bonds. The molecule has 0 atom stereocenters. The number of carbonyl (C=O) groups excluding carboxylic acids is 2. The number of nitrogens with zero attached hydrogens (tertiary/aromatic N) is 2. The zero-order valence-corrected chi connectivity index (χ0v) is 14.9. The smallest absolute Gasteiger partial charge is 0.308 e. The van der Waals surface area contributed by atoms with Crippen molar-refractivity contribution in [3.8, 4) is 11.1 Å². The van der Waals surface area contributed by atoms with Gasteiger partial charge in [-0.05, 0) is 58.3 Å². The number of anilines is 1. The third-order valence-electron chi connectivity index (χ3n) is 3.93. The molecule has 0 aliphatic carbocycles. The number of imide groups is 1. The maximum absolute atomic E-state index is 12.3. The number of carbonyl (C=O) groups is 2. The maximum Gasteiger partial charge on any atom is 0.326 e. The molecule has 0 bridgehead atoms. The van der Waals surface area contributed by atoms with Gasteiger partial charge in [0.1, 0.15) is 0 Å². The highest BCUT2D eigenvalue weighted by molar-refractivity contribution is 7.08. The fraction of sp³-hybridized carbons (Fsp3) is 0. The minimum Gasteiger partial charge on any atom is -0.308 e. The lowest BCUT2D eigenvalue weighted by Crippen LogP contribution is -2.34. The maximum atomic E-state index is 12.3. The molecule has 132 valence electrons. The van der Waals surface area contributed by atoms with Crippen molar-refractivity contribution in [2.45, 2.75) is 0 Å². The molecule has 0 aliphatic heterocycles. The summed E-state index contributed by atoms with van der Waals surface area (Å²) >= 11 is 1.61. The van der Waals surface area contributed by atoms with E-state index in [1.54, 1.807) is 48.0 Å². The van der Waals surface area contributed by atoms with Gasteiger partial charge in [0.25, 0.3) is 5.91 Å². The fourth-order valence-electron chi connectivity index (χ4n) is 2.65. The number of thiophene rings is 1. The Hall–Kier alpha value is -3.58. The Bertz CT molecular complexity index is 1130. The quantitative estimate of drug-likeness (QED) is 0.559. The first-order valence-electron chi connectivity index (χ1n) is 8.15. The summed E-state index contributed by atoms with van der Waals surface area (Å²) in [5.41, 5.74) is 4.29. The van der Waals surface area contributed by atoms with Crippen molar-refractivity contribution < 1.29 is 9.59 Å². The summed E-state index contributed by atoms with van der Waals surface area (Å²) in [5, 5.41) is 9.04. The second-order valence-electron chi connectivity index (χ2n) is 5.76. The summed E-state index contributed by atoms with van der Waals surface area (Å²) in [6, 6.07) is 13.8. The average molecular weight is 374 g/mol. The van der Waals surface area contributed by atoms with Crippen molar-refractivity contribution in [3.63, 3.8) is 0 Å². The molecule has 0 fully saturated rings. The number of nitrogens with one attached hydrogen (secondary N) is 2. The van der Waals surface area contributed by atoms with Gasteiger partial charge in [0.15, 0.2) is 0 Å². The van der Waals surface area contributed by atoms with E-state index in [2.05, 4.69) is 20.6 Å². The van der Waals surface area contributed by atoms with Crippen molar-refractivity contribution in [3.05, 3.63) is 77.2 Å². The van der Waals surface area contributed by atoms with Gasteiger partial charge in [0.05, 0.1) is 11.0 Å². The molecular weight excluding hydrogens is 360 g/mol. The SMILES string of the molecule is O=C(NC(=O)c1ccc2nccnc2c1)Nc1cccc(-c2ccsc2)c1. The largest absolute Gasteiger partial charge is 0.326 e. The Kier molecular flexibility index (Phi) is 4.59. The number of benzene rings is 2. The van der Waals surface area contributed by atoms with Gasteiger partial charge < -0.3 is 5.32 Å². The fourth-order valence-corrected chi connectivity index (χ4v) is 3.31. The molecule has 27 heavy (non-hydrogen) atoms. The van der Waals surface area contributed by atoms with Crippen LogP contribution < -0.4 is 10.6 Å². The van der Waals surface area contributed by atoms with Crippen LogP contribution in [-0.4, -0.2) is 21.9 Å². The number of aromatic nitrogens is 2. The summed E-state index contributed by atoms with van der Waals surface area (Å²) in [6.45, 7) is 0. The molecule has 0 spiro atoms. The molecule has 0 unspecified atom stereocenters. The molecule has 0 aliphatic rings. The van der Waals surface area contributed by atoms with Gasteiger partial charge in [-0.15, -0.1) is 0 Å². The normalized spacial score (nSPS) is 10.5. The lowest BCUT2D eigenvalue weighted by Gasteiger charge is -2.08. The first-order valence-corrected chi connectivity index (χ1v) is 9.09. The van der Waals surface area contributed by atoms with Crippen LogP contribution in [0.2, 0.25) is 0 Å². The molecule has 0 saturated heterocycles. The topological polar surface area (TPSA) is 84.0 Å². The Morgan fingerprint density at radius 1 is 0.889 bits per heavy atom. The lowest BCUT2D eigenvalue weighted by molar-refractivity contribution is 0.0967. The van der Waals surface area contributed by atoms with Crippen molar-refractivity contribution >= 4 is 40.0 Å². The first-order chi connectivity index (χ1) is 13.2. The van der Waals surface area contributed by atoms with Gasteiger partial charge >= 0.3 is 6.03 Å². The number of amides is 3. The van der Waals surface area contributed by atoms with Gasteiger partial charge in [-0.25, -0.2) is 4.79 Å².